The van der Waals surface area contributed by atoms with Crippen molar-refractivity contribution in [1.29, 1.82) is 0 Å². The molecule has 7 nitrogen and oxygen atoms in total. The van der Waals surface area contributed by atoms with Crippen LogP contribution in [0.4, 0.5) is 11.4 Å². The summed E-state index contributed by atoms with van der Waals surface area (Å²) in [6.07, 6.45) is 4.72. The largest absolute Gasteiger partial charge is 0.368 e. The van der Waals surface area contributed by atoms with E-state index in [0.29, 0.717) is 28.8 Å². The third-order valence-electron chi connectivity index (χ3n) is 6.12. The first-order valence-electron chi connectivity index (χ1n) is 11.0. The second kappa shape index (κ2) is 9.70. The van der Waals surface area contributed by atoms with Crippen molar-refractivity contribution < 1.29 is 4.79 Å². The lowest BCUT2D eigenvalue weighted by molar-refractivity contribution is 0.0751. The first-order chi connectivity index (χ1) is 16.1. The van der Waals surface area contributed by atoms with E-state index in [1.807, 2.05) is 11.1 Å². The van der Waals surface area contributed by atoms with Gasteiger partial charge in [-0.1, -0.05) is 11.6 Å². The van der Waals surface area contributed by atoms with Crippen molar-refractivity contribution in [3.05, 3.63) is 63.8 Å². The predicted molar refractivity (Wildman–Crippen MR) is 137 cm³/mol. The monoisotopic (exact) mass is 500 g/mol. The predicted octanol–water partition coefficient (Wildman–Crippen LogP) is 4.08. The lowest BCUT2D eigenvalue weighted by Gasteiger charge is -2.39. The number of aromatic nitrogens is 2. The normalized spacial score (nSPS) is 16.0. The summed E-state index contributed by atoms with van der Waals surface area (Å²) in [4.78, 5) is 29.3. The summed E-state index contributed by atoms with van der Waals surface area (Å²) in [6.45, 7) is 5.67. The van der Waals surface area contributed by atoms with Crippen LogP contribution in [0.3, 0.4) is 0 Å². The Morgan fingerprint density at radius 1 is 1.06 bits per heavy atom. The number of anilines is 2. The smallest absolute Gasteiger partial charge is 0.264 e. The van der Waals surface area contributed by atoms with Crippen molar-refractivity contribution >= 4 is 57.5 Å². The summed E-state index contributed by atoms with van der Waals surface area (Å²) in [5, 5.41) is 0.851. The van der Waals surface area contributed by atoms with Gasteiger partial charge in [-0.25, -0.2) is 4.98 Å². The van der Waals surface area contributed by atoms with E-state index in [1.165, 1.54) is 17.8 Å². The molecule has 172 valence electrons. The molecule has 1 N–H and O–H groups in total. The van der Waals surface area contributed by atoms with Crippen LogP contribution >= 0.6 is 35.2 Å². The Kier molecular flexibility index (Phi) is 6.52. The first-order valence-corrected chi connectivity index (χ1v) is 12.6. The summed E-state index contributed by atoms with van der Waals surface area (Å²) in [5.74, 6) is 0.0656. The molecule has 0 atom stereocenters. The molecule has 0 radical (unpaired) electrons. The van der Waals surface area contributed by atoms with Gasteiger partial charge < -0.3 is 24.6 Å². The fourth-order valence-electron chi connectivity index (χ4n) is 4.09. The Morgan fingerprint density at radius 3 is 2.39 bits per heavy atom. The van der Waals surface area contributed by atoms with Crippen LogP contribution in [0.1, 0.15) is 21.8 Å². The molecule has 0 bridgehead atoms. The van der Waals surface area contributed by atoms with E-state index >= 15 is 0 Å². The number of piperazine rings is 1. The van der Waals surface area contributed by atoms with E-state index in [9.17, 15) is 4.79 Å². The number of carbonyl (C=O) groups is 1. The molecule has 0 aliphatic carbocycles. The molecule has 1 amide bonds. The van der Waals surface area contributed by atoms with Crippen molar-refractivity contribution in [2.75, 3.05) is 49.1 Å². The van der Waals surface area contributed by atoms with Crippen LogP contribution in [-0.4, -0.2) is 70.1 Å². The van der Waals surface area contributed by atoms with E-state index in [4.69, 9.17) is 23.8 Å². The van der Waals surface area contributed by atoms with Gasteiger partial charge in [0.2, 0.25) is 0 Å². The van der Waals surface area contributed by atoms with E-state index in [2.05, 4.69) is 48.9 Å². The van der Waals surface area contributed by atoms with Gasteiger partial charge >= 0.3 is 0 Å². The highest BCUT2D eigenvalue weighted by atomic mass is 35.5. The molecular weight excluding hydrogens is 476 g/mol. The number of nitrogens with zero attached hydrogens (tertiary/aromatic N) is 5. The third kappa shape index (κ3) is 4.85. The average molecular weight is 501 g/mol. The molecule has 0 spiro atoms. The zero-order valence-corrected chi connectivity index (χ0v) is 20.5. The Hall–Kier alpha value is -2.62. The molecule has 0 saturated carbocycles. The van der Waals surface area contributed by atoms with Crippen LogP contribution in [0.25, 0.3) is 0 Å². The minimum absolute atomic E-state index is 0.0656. The second-order valence-electron chi connectivity index (χ2n) is 8.19. The van der Waals surface area contributed by atoms with Crippen LogP contribution in [0, 0.1) is 0 Å². The van der Waals surface area contributed by atoms with Crippen LogP contribution in [0.2, 0.25) is 4.34 Å². The number of imidazole rings is 1. The standard InChI is InChI=1S/C23H25ClN6OS2/c24-21-7-6-20(33-21)22(31)28-12-10-27(11-13-28)18-2-4-19(5-3-18)30(15-17-14-25-16-26-17)23(32)29-8-1-9-29/h2-7,14,16H,1,8-13,15H2,(H,25,26). The number of hydrogen-bond donors (Lipinski definition) is 1. The zero-order chi connectivity index (χ0) is 22.8. The van der Waals surface area contributed by atoms with E-state index < -0.39 is 0 Å². The molecule has 5 rings (SSSR count). The number of hydrogen-bond acceptors (Lipinski definition) is 5. The van der Waals surface area contributed by atoms with Gasteiger partial charge in [-0.05, 0) is 55.0 Å². The van der Waals surface area contributed by atoms with E-state index in [1.54, 1.807) is 18.5 Å². The van der Waals surface area contributed by atoms with Gasteiger partial charge in [-0.2, -0.15) is 0 Å². The summed E-state index contributed by atoms with van der Waals surface area (Å²) < 4.78 is 0.646. The number of halogens is 1. The van der Waals surface area contributed by atoms with Crippen molar-refractivity contribution in [2.24, 2.45) is 0 Å². The summed E-state index contributed by atoms with van der Waals surface area (Å²) in [5.41, 5.74) is 3.24. The number of likely N-dealkylation sites (tertiary alicyclic amines) is 1. The maximum absolute atomic E-state index is 12.7. The third-order valence-corrected chi connectivity index (χ3v) is 7.82. The molecule has 2 fully saturated rings. The van der Waals surface area contributed by atoms with Gasteiger partial charge in [-0.15, -0.1) is 11.3 Å². The van der Waals surface area contributed by atoms with Gasteiger partial charge in [0.15, 0.2) is 5.11 Å². The molecule has 2 aliphatic heterocycles. The minimum Gasteiger partial charge on any atom is -0.368 e. The summed E-state index contributed by atoms with van der Waals surface area (Å²) in [6, 6.07) is 12.1. The molecule has 33 heavy (non-hydrogen) atoms. The van der Waals surface area contributed by atoms with Gasteiger partial charge in [0, 0.05) is 56.8 Å². The number of H-pyrrole nitrogens is 1. The summed E-state index contributed by atoms with van der Waals surface area (Å²) in [7, 11) is 0. The fourth-order valence-corrected chi connectivity index (χ4v) is 5.45. The molecular formula is C23H25ClN6OS2. The Balaban J connectivity index is 1.24. The first kappa shape index (κ1) is 22.2. The van der Waals surface area contributed by atoms with E-state index in [-0.39, 0.29) is 5.91 Å². The average Bonchev–Trinajstić information content (AvgIpc) is 3.48. The zero-order valence-electron chi connectivity index (χ0n) is 18.1. The highest BCUT2D eigenvalue weighted by Crippen LogP contribution is 2.27. The number of aromatic amines is 1. The van der Waals surface area contributed by atoms with Gasteiger partial charge in [0.25, 0.3) is 5.91 Å². The van der Waals surface area contributed by atoms with Crippen LogP contribution in [-0.2, 0) is 6.54 Å². The molecule has 2 saturated heterocycles. The van der Waals surface area contributed by atoms with E-state index in [0.717, 1.165) is 48.4 Å². The molecule has 2 aromatic heterocycles. The number of rotatable bonds is 5. The Labute approximate surface area is 207 Å². The lowest BCUT2D eigenvalue weighted by atomic mass is 10.2. The van der Waals surface area contributed by atoms with Crippen molar-refractivity contribution in [3.8, 4) is 0 Å². The minimum atomic E-state index is 0.0656. The van der Waals surface area contributed by atoms with Crippen LogP contribution in [0.5, 0.6) is 0 Å². The molecule has 3 aromatic rings. The maximum Gasteiger partial charge on any atom is 0.264 e. The van der Waals surface area contributed by atoms with Gasteiger partial charge in [-0.3, -0.25) is 4.79 Å². The van der Waals surface area contributed by atoms with Crippen LogP contribution < -0.4 is 9.80 Å². The Morgan fingerprint density at radius 2 is 1.82 bits per heavy atom. The number of thiophene rings is 1. The van der Waals surface area contributed by atoms with Gasteiger partial charge in [0.05, 0.1) is 27.8 Å². The number of amides is 1. The number of nitrogens with one attached hydrogen (secondary N) is 1. The Bertz CT molecular complexity index is 1100. The van der Waals surface area contributed by atoms with Crippen molar-refractivity contribution in [2.45, 2.75) is 13.0 Å². The quantitative estimate of drug-likeness (QED) is 0.533. The van der Waals surface area contributed by atoms with Crippen molar-refractivity contribution in [3.63, 3.8) is 0 Å². The summed E-state index contributed by atoms with van der Waals surface area (Å²) >= 11 is 13.1. The topological polar surface area (TPSA) is 58.7 Å². The number of benzene rings is 1. The molecule has 2 aliphatic rings. The molecule has 1 aromatic carbocycles. The highest BCUT2D eigenvalue weighted by molar-refractivity contribution is 7.80. The van der Waals surface area contributed by atoms with Gasteiger partial charge in [0.1, 0.15) is 0 Å². The van der Waals surface area contributed by atoms with Crippen LogP contribution in [0.15, 0.2) is 48.9 Å². The SMILES string of the molecule is O=C(c1ccc(Cl)s1)N1CCN(c2ccc(N(Cc3cnc[nH]3)C(=S)N3CCC3)cc2)CC1. The second-order valence-corrected chi connectivity index (χ2v) is 10.3. The fraction of sp³-hybridized carbons (Fsp3) is 0.348. The molecule has 4 heterocycles. The highest BCUT2D eigenvalue weighted by Gasteiger charge is 2.25. The lowest BCUT2D eigenvalue weighted by Crippen LogP contribution is -2.49. The number of thiocarbonyl (C=S) groups is 1. The maximum atomic E-state index is 12.7. The number of carbonyl (C=O) groups excluding carboxylic acids is 1. The van der Waals surface area contributed by atoms with Crippen molar-refractivity contribution in [1.82, 2.24) is 19.8 Å². The molecule has 0 unspecified atom stereocenters. The molecule has 10 heteroatoms.